The van der Waals surface area contributed by atoms with Crippen LogP contribution in [0, 0.1) is 6.92 Å². The van der Waals surface area contributed by atoms with E-state index in [0.29, 0.717) is 17.3 Å². The molecule has 4 nitrogen and oxygen atoms in total. The number of rotatable bonds is 5. The van der Waals surface area contributed by atoms with Gasteiger partial charge in [-0.25, -0.2) is 0 Å². The Hall–Kier alpha value is -1.47. The summed E-state index contributed by atoms with van der Waals surface area (Å²) in [6, 6.07) is 4.99. The number of nitrogens with one attached hydrogen (secondary N) is 2. The molecule has 1 saturated heterocycles. The molecule has 21 heavy (non-hydrogen) atoms. The van der Waals surface area contributed by atoms with Crippen LogP contribution in [0.5, 0.6) is 5.75 Å². The zero-order chi connectivity index (χ0) is 15.2. The maximum atomic E-state index is 12.4. The number of anilines is 1. The second-order valence-electron chi connectivity index (χ2n) is 4.85. The summed E-state index contributed by atoms with van der Waals surface area (Å²) in [5.41, 5.74) is 1.24. The van der Waals surface area contributed by atoms with E-state index >= 15 is 0 Å². The van der Waals surface area contributed by atoms with Gasteiger partial charge in [0, 0.05) is 13.2 Å². The third-order valence-electron chi connectivity index (χ3n) is 3.12. The standard InChI is InChI=1S/C14H18F2N2O2S/c1-9-4-5-11(12(7-9)20-13(15)16)18-14(21)17-8-10-3-2-6-19-10/h4-5,7,10,13H,2-3,6,8H2,1H3,(H2,17,18,21)/t10-/m1/s1. The third kappa shape index (κ3) is 5.09. The van der Waals surface area contributed by atoms with Crippen molar-refractivity contribution in [2.45, 2.75) is 32.5 Å². The van der Waals surface area contributed by atoms with Crippen molar-refractivity contribution in [3.8, 4) is 5.75 Å². The maximum Gasteiger partial charge on any atom is 0.387 e. The van der Waals surface area contributed by atoms with Gasteiger partial charge < -0.3 is 20.1 Å². The number of alkyl halides is 2. The molecule has 1 aliphatic heterocycles. The van der Waals surface area contributed by atoms with Crippen LogP contribution in [-0.4, -0.2) is 31.0 Å². The van der Waals surface area contributed by atoms with Crippen molar-refractivity contribution >= 4 is 23.0 Å². The van der Waals surface area contributed by atoms with Crippen LogP contribution in [0.4, 0.5) is 14.5 Å². The molecule has 0 aromatic heterocycles. The third-order valence-corrected chi connectivity index (χ3v) is 3.36. The fourth-order valence-electron chi connectivity index (χ4n) is 2.10. The molecule has 7 heteroatoms. The van der Waals surface area contributed by atoms with Crippen molar-refractivity contribution in [3.63, 3.8) is 0 Å². The Morgan fingerprint density at radius 2 is 2.33 bits per heavy atom. The Balaban J connectivity index is 1.92. The molecule has 0 bridgehead atoms. The van der Waals surface area contributed by atoms with Crippen molar-refractivity contribution in [1.82, 2.24) is 5.32 Å². The molecule has 1 aliphatic rings. The van der Waals surface area contributed by atoms with Crippen molar-refractivity contribution in [2.24, 2.45) is 0 Å². The van der Waals surface area contributed by atoms with Gasteiger partial charge in [-0.1, -0.05) is 6.07 Å². The Bertz CT molecular complexity index is 494. The van der Waals surface area contributed by atoms with Gasteiger partial charge in [-0.05, 0) is 49.7 Å². The SMILES string of the molecule is Cc1ccc(NC(=S)NC[C@H]2CCCO2)c(OC(F)F)c1. The van der Waals surface area contributed by atoms with Crippen LogP contribution in [0.25, 0.3) is 0 Å². The van der Waals surface area contributed by atoms with Crippen LogP contribution in [0.1, 0.15) is 18.4 Å². The lowest BCUT2D eigenvalue weighted by molar-refractivity contribution is -0.0493. The molecular formula is C14H18F2N2O2S. The van der Waals surface area contributed by atoms with Crippen molar-refractivity contribution in [3.05, 3.63) is 23.8 Å². The molecule has 1 atom stereocenters. The van der Waals surface area contributed by atoms with E-state index < -0.39 is 6.61 Å². The monoisotopic (exact) mass is 316 g/mol. The summed E-state index contributed by atoms with van der Waals surface area (Å²) in [7, 11) is 0. The van der Waals surface area contributed by atoms with Crippen LogP contribution in [0.3, 0.4) is 0 Å². The first kappa shape index (κ1) is 15.9. The van der Waals surface area contributed by atoms with Gasteiger partial charge in [0.2, 0.25) is 0 Å². The van der Waals surface area contributed by atoms with E-state index in [9.17, 15) is 8.78 Å². The first-order chi connectivity index (χ1) is 10.0. The second kappa shape index (κ2) is 7.51. The summed E-state index contributed by atoms with van der Waals surface area (Å²) in [6.07, 6.45) is 2.20. The summed E-state index contributed by atoms with van der Waals surface area (Å²) < 4.78 is 34.8. The van der Waals surface area contributed by atoms with Crippen LogP contribution >= 0.6 is 12.2 Å². The number of thiocarbonyl (C=S) groups is 1. The highest BCUT2D eigenvalue weighted by Gasteiger charge is 2.16. The van der Waals surface area contributed by atoms with Crippen molar-refractivity contribution in [1.29, 1.82) is 0 Å². The zero-order valence-electron chi connectivity index (χ0n) is 11.7. The highest BCUT2D eigenvalue weighted by molar-refractivity contribution is 7.80. The molecule has 0 aliphatic carbocycles. The molecule has 1 heterocycles. The summed E-state index contributed by atoms with van der Waals surface area (Å²) >= 11 is 5.16. The molecule has 0 saturated carbocycles. The van der Waals surface area contributed by atoms with E-state index in [1.807, 2.05) is 0 Å². The van der Waals surface area contributed by atoms with Gasteiger partial charge in [-0.2, -0.15) is 8.78 Å². The van der Waals surface area contributed by atoms with Gasteiger partial charge in [0.05, 0.1) is 11.8 Å². The summed E-state index contributed by atoms with van der Waals surface area (Å²) in [6.45, 7) is 0.302. The molecule has 1 fully saturated rings. The number of aryl methyl sites for hydroxylation is 1. The lowest BCUT2D eigenvalue weighted by Crippen LogP contribution is -2.34. The lowest BCUT2D eigenvalue weighted by Gasteiger charge is -2.16. The van der Waals surface area contributed by atoms with Gasteiger partial charge in [-0.15, -0.1) is 0 Å². The molecule has 1 aromatic carbocycles. The quantitative estimate of drug-likeness (QED) is 0.817. The molecule has 0 spiro atoms. The molecule has 2 N–H and O–H groups in total. The van der Waals surface area contributed by atoms with Gasteiger partial charge >= 0.3 is 6.61 Å². The van der Waals surface area contributed by atoms with E-state index in [1.165, 1.54) is 6.07 Å². The first-order valence-electron chi connectivity index (χ1n) is 6.76. The maximum absolute atomic E-state index is 12.4. The van der Waals surface area contributed by atoms with E-state index in [0.717, 1.165) is 25.0 Å². The number of benzene rings is 1. The normalized spacial score (nSPS) is 17.8. The molecule has 0 amide bonds. The smallest absolute Gasteiger partial charge is 0.387 e. The van der Waals surface area contributed by atoms with Gasteiger partial charge in [0.1, 0.15) is 5.75 Å². The highest BCUT2D eigenvalue weighted by Crippen LogP contribution is 2.27. The minimum Gasteiger partial charge on any atom is -0.433 e. The lowest BCUT2D eigenvalue weighted by atomic mass is 10.2. The molecule has 116 valence electrons. The van der Waals surface area contributed by atoms with E-state index in [2.05, 4.69) is 15.4 Å². The molecular weight excluding hydrogens is 298 g/mol. The number of hydrogen-bond donors (Lipinski definition) is 2. The fraction of sp³-hybridized carbons (Fsp3) is 0.500. The zero-order valence-corrected chi connectivity index (χ0v) is 12.5. The minimum atomic E-state index is -2.87. The van der Waals surface area contributed by atoms with Crippen LogP contribution in [-0.2, 0) is 4.74 Å². The summed E-state index contributed by atoms with van der Waals surface area (Å²) in [5, 5.41) is 6.25. The van der Waals surface area contributed by atoms with Crippen molar-refractivity contribution < 1.29 is 18.3 Å². The Morgan fingerprint density at radius 1 is 1.52 bits per heavy atom. The number of ether oxygens (including phenoxy) is 2. The molecule has 1 aromatic rings. The number of hydrogen-bond acceptors (Lipinski definition) is 3. The second-order valence-corrected chi connectivity index (χ2v) is 5.26. The highest BCUT2D eigenvalue weighted by atomic mass is 32.1. The Kier molecular flexibility index (Phi) is 5.69. The Labute approximate surface area is 127 Å². The van der Waals surface area contributed by atoms with Crippen LogP contribution in [0.15, 0.2) is 18.2 Å². The fourth-order valence-corrected chi connectivity index (χ4v) is 2.30. The predicted molar refractivity (Wildman–Crippen MR) is 81.0 cm³/mol. The van der Waals surface area contributed by atoms with Gasteiger partial charge in [0.15, 0.2) is 5.11 Å². The van der Waals surface area contributed by atoms with E-state index in [-0.39, 0.29) is 11.9 Å². The predicted octanol–water partition coefficient (Wildman–Crippen LogP) is 3.06. The summed E-state index contributed by atoms with van der Waals surface area (Å²) in [4.78, 5) is 0. The minimum absolute atomic E-state index is 0.0752. The number of halogens is 2. The van der Waals surface area contributed by atoms with Gasteiger partial charge in [-0.3, -0.25) is 0 Å². The molecule has 0 unspecified atom stereocenters. The van der Waals surface area contributed by atoms with Crippen molar-refractivity contribution in [2.75, 3.05) is 18.5 Å². The molecule has 2 rings (SSSR count). The topological polar surface area (TPSA) is 42.5 Å². The van der Waals surface area contributed by atoms with Gasteiger partial charge in [0.25, 0.3) is 0 Å². The van der Waals surface area contributed by atoms with E-state index in [1.54, 1.807) is 19.1 Å². The van der Waals surface area contributed by atoms with Crippen LogP contribution in [0.2, 0.25) is 0 Å². The largest absolute Gasteiger partial charge is 0.433 e. The first-order valence-corrected chi connectivity index (χ1v) is 7.17. The molecule has 0 radical (unpaired) electrons. The van der Waals surface area contributed by atoms with E-state index in [4.69, 9.17) is 17.0 Å². The average molecular weight is 316 g/mol. The average Bonchev–Trinajstić information content (AvgIpc) is 2.92. The summed E-state index contributed by atoms with van der Waals surface area (Å²) in [5.74, 6) is 0.0752. The Morgan fingerprint density at radius 3 is 3.00 bits per heavy atom. The van der Waals surface area contributed by atoms with Crippen LogP contribution < -0.4 is 15.4 Å².